The SMILES string of the molecule is COc1ccc(Br)cc1CSc1c(C#N)cccc1C1=NCCCN1. The normalized spacial score (nSPS) is 13.6. The second-order valence-electron chi connectivity index (χ2n) is 5.55. The number of thioether (sulfide) groups is 1. The molecule has 0 aliphatic carbocycles. The van der Waals surface area contributed by atoms with Crippen LogP contribution in [0.4, 0.5) is 0 Å². The Morgan fingerprint density at radius 2 is 2.24 bits per heavy atom. The lowest BCUT2D eigenvalue weighted by Gasteiger charge is -2.18. The predicted octanol–water partition coefficient (Wildman–Crippen LogP) is 4.36. The van der Waals surface area contributed by atoms with Crippen LogP contribution in [0.2, 0.25) is 0 Å². The number of hydrogen-bond donors (Lipinski definition) is 1. The van der Waals surface area contributed by atoms with Crippen molar-refractivity contribution in [3.05, 3.63) is 57.6 Å². The summed E-state index contributed by atoms with van der Waals surface area (Å²) in [6.07, 6.45) is 1.04. The molecule has 0 radical (unpaired) electrons. The van der Waals surface area contributed by atoms with Gasteiger partial charge in [-0.2, -0.15) is 5.26 Å². The molecule has 3 rings (SSSR count). The maximum absolute atomic E-state index is 9.53. The van der Waals surface area contributed by atoms with Crippen molar-refractivity contribution >= 4 is 33.5 Å². The second kappa shape index (κ2) is 8.41. The molecule has 0 atom stereocenters. The van der Waals surface area contributed by atoms with Gasteiger partial charge in [0.25, 0.3) is 0 Å². The molecule has 0 saturated carbocycles. The first-order valence-electron chi connectivity index (χ1n) is 8.00. The quantitative estimate of drug-likeness (QED) is 0.736. The van der Waals surface area contributed by atoms with Gasteiger partial charge in [0.05, 0.1) is 12.7 Å². The molecule has 0 saturated heterocycles. The Kier molecular flexibility index (Phi) is 6.00. The third kappa shape index (κ3) is 4.17. The molecule has 0 unspecified atom stereocenters. The van der Waals surface area contributed by atoms with Gasteiger partial charge in [-0.1, -0.05) is 28.1 Å². The topological polar surface area (TPSA) is 57.4 Å². The van der Waals surface area contributed by atoms with E-state index in [9.17, 15) is 5.26 Å². The highest BCUT2D eigenvalue weighted by molar-refractivity contribution is 9.10. The van der Waals surface area contributed by atoms with Gasteiger partial charge < -0.3 is 10.1 Å². The van der Waals surface area contributed by atoms with Gasteiger partial charge in [0.2, 0.25) is 0 Å². The molecule has 0 amide bonds. The van der Waals surface area contributed by atoms with Crippen LogP contribution in [0.5, 0.6) is 5.75 Å². The Balaban J connectivity index is 1.93. The zero-order chi connectivity index (χ0) is 17.6. The number of methoxy groups -OCH3 is 1. The molecule has 1 N–H and O–H groups in total. The number of halogens is 1. The summed E-state index contributed by atoms with van der Waals surface area (Å²) in [5.74, 6) is 2.44. The summed E-state index contributed by atoms with van der Waals surface area (Å²) in [6, 6.07) is 14.1. The fraction of sp³-hybridized carbons (Fsp3) is 0.263. The lowest BCUT2D eigenvalue weighted by atomic mass is 10.1. The minimum atomic E-state index is 0.673. The Hall–Kier alpha value is -1.97. The van der Waals surface area contributed by atoms with E-state index < -0.39 is 0 Å². The molecule has 2 aromatic rings. The minimum Gasteiger partial charge on any atom is -0.496 e. The molecular formula is C19H18BrN3OS. The van der Waals surface area contributed by atoms with Crippen LogP contribution in [0, 0.1) is 11.3 Å². The molecule has 1 aliphatic rings. The summed E-state index contributed by atoms with van der Waals surface area (Å²) >= 11 is 5.15. The number of hydrogen-bond acceptors (Lipinski definition) is 5. The van der Waals surface area contributed by atoms with Gasteiger partial charge in [0, 0.05) is 39.3 Å². The van der Waals surface area contributed by atoms with Crippen molar-refractivity contribution in [1.82, 2.24) is 5.32 Å². The molecule has 0 aromatic heterocycles. The number of ether oxygens (including phenoxy) is 1. The van der Waals surface area contributed by atoms with Gasteiger partial charge in [-0.05, 0) is 30.7 Å². The molecule has 4 nitrogen and oxygen atoms in total. The summed E-state index contributed by atoms with van der Waals surface area (Å²) in [6.45, 7) is 1.74. The second-order valence-corrected chi connectivity index (χ2v) is 7.45. The van der Waals surface area contributed by atoms with Gasteiger partial charge in [0.1, 0.15) is 17.7 Å². The molecule has 2 aromatic carbocycles. The average Bonchev–Trinajstić information content (AvgIpc) is 2.66. The van der Waals surface area contributed by atoms with Crippen molar-refractivity contribution in [2.75, 3.05) is 20.2 Å². The van der Waals surface area contributed by atoms with Crippen LogP contribution in [-0.2, 0) is 5.75 Å². The van der Waals surface area contributed by atoms with Crippen LogP contribution in [0.1, 0.15) is 23.1 Å². The van der Waals surface area contributed by atoms with E-state index in [1.54, 1.807) is 18.9 Å². The number of rotatable bonds is 5. The molecule has 0 spiro atoms. The number of aliphatic imine (C=N–C) groups is 1. The molecule has 1 heterocycles. The highest BCUT2D eigenvalue weighted by Gasteiger charge is 2.16. The van der Waals surface area contributed by atoms with Crippen molar-refractivity contribution in [1.29, 1.82) is 5.26 Å². The van der Waals surface area contributed by atoms with E-state index in [0.717, 1.165) is 51.6 Å². The van der Waals surface area contributed by atoms with Crippen LogP contribution in [0.3, 0.4) is 0 Å². The van der Waals surface area contributed by atoms with Gasteiger partial charge in [-0.3, -0.25) is 4.99 Å². The molecule has 1 aliphatic heterocycles. The highest BCUT2D eigenvalue weighted by Crippen LogP contribution is 2.34. The molecule has 128 valence electrons. The van der Waals surface area contributed by atoms with Gasteiger partial charge in [0.15, 0.2) is 0 Å². The monoisotopic (exact) mass is 415 g/mol. The Labute approximate surface area is 160 Å². The first-order valence-corrected chi connectivity index (χ1v) is 9.78. The summed E-state index contributed by atoms with van der Waals surface area (Å²) in [7, 11) is 1.67. The third-order valence-electron chi connectivity index (χ3n) is 3.90. The minimum absolute atomic E-state index is 0.673. The van der Waals surface area contributed by atoms with Crippen LogP contribution in [0.15, 0.2) is 50.8 Å². The first-order chi connectivity index (χ1) is 12.2. The number of nitriles is 1. The van der Waals surface area contributed by atoms with Crippen molar-refractivity contribution < 1.29 is 4.74 Å². The zero-order valence-electron chi connectivity index (χ0n) is 13.9. The Morgan fingerprint density at radius 1 is 1.36 bits per heavy atom. The summed E-state index contributed by atoms with van der Waals surface area (Å²) in [4.78, 5) is 5.55. The number of nitrogens with one attached hydrogen (secondary N) is 1. The predicted molar refractivity (Wildman–Crippen MR) is 105 cm³/mol. The molecule has 6 heteroatoms. The van der Waals surface area contributed by atoms with E-state index in [0.29, 0.717) is 11.3 Å². The van der Waals surface area contributed by atoms with E-state index in [-0.39, 0.29) is 0 Å². The number of amidine groups is 1. The summed E-state index contributed by atoms with van der Waals surface area (Å²) in [5.41, 5.74) is 2.75. The average molecular weight is 416 g/mol. The largest absolute Gasteiger partial charge is 0.496 e. The van der Waals surface area contributed by atoms with Crippen molar-refractivity contribution in [2.45, 2.75) is 17.1 Å². The standard InChI is InChI=1S/C19H18BrN3OS/c1-24-17-7-6-15(20)10-14(17)12-25-18-13(11-21)4-2-5-16(18)19-22-8-3-9-23-19/h2,4-7,10H,3,8-9,12H2,1H3,(H,22,23). The first kappa shape index (κ1) is 17.8. The Bertz CT molecular complexity index is 845. The van der Waals surface area contributed by atoms with Crippen molar-refractivity contribution in [3.8, 4) is 11.8 Å². The van der Waals surface area contributed by atoms with E-state index in [1.807, 2.05) is 30.3 Å². The van der Waals surface area contributed by atoms with Crippen LogP contribution in [0.25, 0.3) is 0 Å². The van der Waals surface area contributed by atoms with Crippen LogP contribution >= 0.6 is 27.7 Å². The van der Waals surface area contributed by atoms with E-state index >= 15 is 0 Å². The van der Waals surface area contributed by atoms with Crippen LogP contribution in [-0.4, -0.2) is 26.0 Å². The van der Waals surface area contributed by atoms with E-state index in [1.165, 1.54) is 0 Å². The lowest BCUT2D eigenvalue weighted by Crippen LogP contribution is -2.30. The van der Waals surface area contributed by atoms with Crippen molar-refractivity contribution in [2.24, 2.45) is 4.99 Å². The van der Waals surface area contributed by atoms with E-state index in [4.69, 9.17) is 4.74 Å². The summed E-state index contributed by atoms with van der Waals surface area (Å²) in [5, 5.41) is 12.9. The van der Waals surface area contributed by atoms with Crippen LogP contribution < -0.4 is 10.1 Å². The lowest BCUT2D eigenvalue weighted by molar-refractivity contribution is 0.411. The van der Waals surface area contributed by atoms with Crippen molar-refractivity contribution in [3.63, 3.8) is 0 Å². The fourth-order valence-corrected chi connectivity index (χ4v) is 4.21. The molecule has 0 fully saturated rings. The van der Waals surface area contributed by atoms with Gasteiger partial charge >= 0.3 is 0 Å². The summed E-state index contributed by atoms with van der Waals surface area (Å²) < 4.78 is 6.47. The highest BCUT2D eigenvalue weighted by atomic mass is 79.9. The number of nitrogens with zero attached hydrogens (tertiary/aromatic N) is 2. The molecule has 25 heavy (non-hydrogen) atoms. The van der Waals surface area contributed by atoms with Gasteiger partial charge in [-0.15, -0.1) is 11.8 Å². The fourth-order valence-electron chi connectivity index (χ4n) is 2.69. The van der Waals surface area contributed by atoms with Gasteiger partial charge in [-0.25, -0.2) is 0 Å². The molecule has 0 bridgehead atoms. The Morgan fingerprint density at radius 3 is 2.96 bits per heavy atom. The third-order valence-corrected chi connectivity index (χ3v) is 5.58. The number of benzene rings is 2. The maximum atomic E-state index is 9.53. The van der Waals surface area contributed by atoms with E-state index in [2.05, 4.69) is 38.4 Å². The smallest absolute Gasteiger partial charge is 0.129 e. The maximum Gasteiger partial charge on any atom is 0.129 e. The zero-order valence-corrected chi connectivity index (χ0v) is 16.3. The molecular weight excluding hydrogens is 398 g/mol.